The van der Waals surface area contributed by atoms with Crippen molar-refractivity contribution in [3.05, 3.63) is 35.4 Å². The number of hydrogen-bond acceptors (Lipinski definition) is 2. The van der Waals surface area contributed by atoms with Crippen molar-refractivity contribution in [1.29, 1.82) is 0 Å². The standard InChI is InChI=1S/C18H23NO2/c1-19(16-5-3-2-4-6-16)18(20)10-8-14-7-9-17-15(13-14)11-12-21-17/h7-10,13,16H,2-6,11-12H2,1H3/b10-8+. The maximum Gasteiger partial charge on any atom is 0.246 e. The number of amides is 1. The van der Waals surface area contributed by atoms with Gasteiger partial charge in [0.15, 0.2) is 0 Å². The molecule has 1 aromatic rings. The smallest absolute Gasteiger partial charge is 0.246 e. The third kappa shape index (κ3) is 3.29. The summed E-state index contributed by atoms with van der Waals surface area (Å²) >= 11 is 0. The van der Waals surface area contributed by atoms with Crippen LogP contribution in [0.5, 0.6) is 5.75 Å². The molecular weight excluding hydrogens is 262 g/mol. The first-order valence-corrected chi connectivity index (χ1v) is 7.94. The minimum Gasteiger partial charge on any atom is -0.493 e. The van der Waals surface area contributed by atoms with Gasteiger partial charge < -0.3 is 9.64 Å². The van der Waals surface area contributed by atoms with E-state index in [0.717, 1.165) is 37.2 Å². The van der Waals surface area contributed by atoms with E-state index in [1.165, 1.54) is 24.8 Å². The van der Waals surface area contributed by atoms with Gasteiger partial charge in [0.1, 0.15) is 5.75 Å². The van der Waals surface area contributed by atoms with Crippen molar-refractivity contribution in [3.8, 4) is 5.75 Å². The molecule has 3 rings (SSSR count). The maximum atomic E-state index is 12.3. The first-order chi connectivity index (χ1) is 10.2. The molecule has 1 aliphatic heterocycles. The summed E-state index contributed by atoms with van der Waals surface area (Å²) in [5.41, 5.74) is 2.31. The minimum absolute atomic E-state index is 0.110. The van der Waals surface area contributed by atoms with Gasteiger partial charge in [0.05, 0.1) is 6.61 Å². The topological polar surface area (TPSA) is 29.5 Å². The summed E-state index contributed by atoms with van der Waals surface area (Å²) in [4.78, 5) is 14.2. The van der Waals surface area contributed by atoms with Crippen molar-refractivity contribution in [2.75, 3.05) is 13.7 Å². The fraction of sp³-hybridized carbons (Fsp3) is 0.500. The fourth-order valence-electron chi connectivity index (χ4n) is 3.24. The van der Waals surface area contributed by atoms with Gasteiger partial charge in [-0.05, 0) is 42.2 Å². The highest BCUT2D eigenvalue weighted by Gasteiger charge is 2.20. The summed E-state index contributed by atoms with van der Waals surface area (Å²) in [6, 6.07) is 6.54. The van der Waals surface area contributed by atoms with E-state index >= 15 is 0 Å². The highest BCUT2D eigenvalue weighted by atomic mass is 16.5. The van der Waals surface area contributed by atoms with Crippen LogP contribution in [0.25, 0.3) is 6.08 Å². The number of benzene rings is 1. The Hall–Kier alpha value is -1.77. The normalized spacial score (nSPS) is 18.5. The van der Waals surface area contributed by atoms with Crippen molar-refractivity contribution in [2.24, 2.45) is 0 Å². The van der Waals surface area contributed by atoms with Crippen LogP contribution in [0.3, 0.4) is 0 Å². The second-order valence-electron chi connectivity index (χ2n) is 6.04. The monoisotopic (exact) mass is 285 g/mol. The van der Waals surface area contributed by atoms with Gasteiger partial charge in [0.25, 0.3) is 0 Å². The van der Waals surface area contributed by atoms with E-state index in [2.05, 4.69) is 6.07 Å². The summed E-state index contributed by atoms with van der Waals surface area (Å²) in [7, 11) is 1.93. The van der Waals surface area contributed by atoms with Crippen LogP contribution in [0.2, 0.25) is 0 Å². The van der Waals surface area contributed by atoms with Gasteiger partial charge in [-0.25, -0.2) is 0 Å². The zero-order valence-electron chi connectivity index (χ0n) is 12.7. The summed E-state index contributed by atoms with van der Waals surface area (Å²) < 4.78 is 5.50. The van der Waals surface area contributed by atoms with Crippen LogP contribution in [0, 0.1) is 0 Å². The summed E-state index contributed by atoms with van der Waals surface area (Å²) in [6.45, 7) is 0.770. The number of ether oxygens (including phenoxy) is 1. The van der Waals surface area contributed by atoms with Crippen molar-refractivity contribution < 1.29 is 9.53 Å². The molecule has 0 N–H and O–H groups in total. The number of hydrogen-bond donors (Lipinski definition) is 0. The SMILES string of the molecule is CN(C(=O)/C=C/c1ccc2c(c1)CCO2)C1CCCCC1. The van der Waals surface area contributed by atoms with Crippen LogP contribution < -0.4 is 4.74 Å². The lowest BCUT2D eigenvalue weighted by Crippen LogP contribution is -2.37. The molecule has 0 radical (unpaired) electrons. The van der Waals surface area contributed by atoms with Crippen LogP contribution in [-0.2, 0) is 11.2 Å². The number of carbonyl (C=O) groups excluding carboxylic acids is 1. The van der Waals surface area contributed by atoms with E-state index < -0.39 is 0 Å². The predicted molar refractivity (Wildman–Crippen MR) is 84.3 cm³/mol. The Bertz CT molecular complexity index is 544. The molecule has 0 aromatic heterocycles. The first-order valence-electron chi connectivity index (χ1n) is 7.94. The number of carbonyl (C=O) groups is 1. The third-order valence-corrected chi connectivity index (χ3v) is 4.60. The molecule has 0 spiro atoms. The highest BCUT2D eigenvalue weighted by Crippen LogP contribution is 2.26. The Morgan fingerprint density at radius 3 is 2.90 bits per heavy atom. The van der Waals surface area contributed by atoms with Crippen molar-refractivity contribution in [2.45, 2.75) is 44.6 Å². The van der Waals surface area contributed by atoms with Crippen molar-refractivity contribution >= 4 is 12.0 Å². The zero-order valence-corrected chi connectivity index (χ0v) is 12.7. The minimum atomic E-state index is 0.110. The highest BCUT2D eigenvalue weighted by molar-refractivity contribution is 5.91. The molecule has 21 heavy (non-hydrogen) atoms. The molecule has 1 saturated carbocycles. The molecule has 3 nitrogen and oxygen atoms in total. The van der Waals surface area contributed by atoms with Gasteiger partial charge >= 0.3 is 0 Å². The lowest BCUT2D eigenvalue weighted by atomic mass is 9.94. The van der Waals surface area contributed by atoms with Gasteiger partial charge in [0, 0.05) is 25.6 Å². The third-order valence-electron chi connectivity index (χ3n) is 4.60. The summed E-state index contributed by atoms with van der Waals surface area (Å²) in [5.74, 6) is 1.09. The van der Waals surface area contributed by atoms with Crippen LogP contribution in [0.1, 0.15) is 43.2 Å². The molecule has 0 atom stereocenters. The Labute approximate surface area is 126 Å². The van der Waals surface area contributed by atoms with E-state index in [9.17, 15) is 4.79 Å². The Balaban J connectivity index is 1.63. The molecule has 1 aliphatic carbocycles. The van der Waals surface area contributed by atoms with Crippen molar-refractivity contribution in [3.63, 3.8) is 0 Å². The maximum absolute atomic E-state index is 12.3. The lowest BCUT2D eigenvalue weighted by molar-refractivity contribution is -0.127. The van der Waals surface area contributed by atoms with Crippen LogP contribution in [0.4, 0.5) is 0 Å². The molecule has 0 bridgehead atoms. The quantitative estimate of drug-likeness (QED) is 0.796. The van der Waals surface area contributed by atoms with Crippen LogP contribution in [-0.4, -0.2) is 30.5 Å². The first kappa shape index (κ1) is 14.2. The molecule has 2 aliphatic rings. The van der Waals surface area contributed by atoms with Crippen LogP contribution in [0.15, 0.2) is 24.3 Å². The molecule has 1 aromatic carbocycles. The molecule has 0 saturated heterocycles. The van der Waals surface area contributed by atoms with Crippen LogP contribution >= 0.6 is 0 Å². The van der Waals surface area contributed by atoms with E-state index in [1.54, 1.807) is 6.08 Å². The molecular formula is C18H23NO2. The molecule has 3 heteroatoms. The number of fused-ring (bicyclic) bond motifs is 1. The average Bonchev–Trinajstić information content (AvgIpc) is 3.00. The Morgan fingerprint density at radius 1 is 1.29 bits per heavy atom. The largest absolute Gasteiger partial charge is 0.493 e. The number of likely N-dealkylation sites (N-methyl/N-ethyl adjacent to an activating group) is 1. The lowest BCUT2D eigenvalue weighted by Gasteiger charge is -2.30. The zero-order chi connectivity index (χ0) is 14.7. The average molecular weight is 285 g/mol. The van der Waals surface area contributed by atoms with E-state index in [-0.39, 0.29) is 5.91 Å². The van der Waals surface area contributed by atoms with Gasteiger partial charge in [-0.3, -0.25) is 4.79 Å². The predicted octanol–water partition coefficient (Wildman–Crippen LogP) is 3.43. The molecule has 1 amide bonds. The van der Waals surface area contributed by atoms with Gasteiger partial charge in [-0.2, -0.15) is 0 Å². The molecule has 112 valence electrons. The van der Waals surface area contributed by atoms with Gasteiger partial charge in [-0.1, -0.05) is 25.3 Å². The summed E-state index contributed by atoms with van der Waals surface area (Å²) in [5, 5.41) is 0. The second-order valence-corrected chi connectivity index (χ2v) is 6.04. The van der Waals surface area contributed by atoms with E-state index in [4.69, 9.17) is 4.74 Å². The van der Waals surface area contributed by atoms with Crippen molar-refractivity contribution in [1.82, 2.24) is 4.90 Å². The van der Waals surface area contributed by atoms with E-state index in [0.29, 0.717) is 6.04 Å². The fourth-order valence-corrected chi connectivity index (χ4v) is 3.24. The molecule has 0 unspecified atom stereocenters. The van der Waals surface area contributed by atoms with Gasteiger partial charge in [-0.15, -0.1) is 0 Å². The molecule has 1 heterocycles. The number of rotatable bonds is 3. The second kappa shape index (κ2) is 6.33. The Morgan fingerprint density at radius 2 is 2.10 bits per heavy atom. The summed E-state index contributed by atoms with van der Waals surface area (Å²) in [6.07, 6.45) is 10.7. The molecule has 1 fully saturated rings. The van der Waals surface area contributed by atoms with Gasteiger partial charge in [0.2, 0.25) is 5.91 Å². The number of nitrogens with zero attached hydrogens (tertiary/aromatic N) is 1. The Kier molecular flexibility index (Phi) is 4.28. The van der Waals surface area contributed by atoms with E-state index in [1.807, 2.05) is 30.2 Å².